The summed E-state index contributed by atoms with van der Waals surface area (Å²) in [5.74, 6) is 1.93. The lowest BCUT2D eigenvalue weighted by atomic mass is 9.95. The number of unbranched alkanes of at least 4 members (excludes halogenated alkanes) is 15. The first-order chi connectivity index (χ1) is 13.7. The summed E-state index contributed by atoms with van der Waals surface area (Å²) in [5.41, 5.74) is 0. The van der Waals surface area contributed by atoms with Gasteiger partial charge < -0.3 is 0 Å². The first-order valence-electron chi connectivity index (χ1n) is 13.7. The molecule has 2 atom stereocenters. The van der Waals surface area contributed by atoms with Crippen LogP contribution in [0, 0.1) is 11.8 Å². The van der Waals surface area contributed by atoms with E-state index in [2.05, 4.69) is 27.7 Å². The fourth-order valence-corrected chi connectivity index (χ4v) is 4.51. The van der Waals surface area contributed by atoms with E-state index in [1.165, 1.54) is 141 Å². The molecule has 0 aliphatic carbocycles. The summed E-state index contributed by atoms with van der Waals surface area (Å²) in [5, 5.41) is 0. The number of rotatable bonds is 23. The Bertz CT molecular complexity index is 269. The molecule has 0 saturated carbocycles. The summed E-state index contributed by atoms with van der Waals surface area (Å²) < 4.78 is 0. The topological polar surface area (TPSA) is 0 Å². The fraction of sp³-hybridized carbons (Fsp3) is 1.00. The molecule has 0 aliphatic heterocycles. The molecule has 0 amide bonds. The van der Waals surface area contributed by atoms with Crippen LogP contribution in [0.25, 0.3) is 0 Å². The number of hydrogen-bond donors (Lipinski definition) is 0. The van der Waals surface area contributed by atoms with E-state index in [4.69, 9.17) is 0 Å². The summed E-state index contributed by atoms with van der Waals surface area (Å²) >= 11 is 0. The third-order valence-electron chi connectivity index (χ3n) is 6.74. The minimum atomic E-state index is 0.964. The first-order valence-corrected chi connectivity index (χ1v) is 13.7. The van der Waals surface area contributed by atoms with Crippen molar-refractivity contribution in [1.29, 1.82) is 0 Å². The van der Waals surface area contributed by atoms with Crippen LogP contribution in [0.2, 0.25) is 0 Å². The molecule has 0 saturated heterocycles. The zero-order valence-electron chi connectivity index (χ0n) is 20.7. The normalized spacial score (nSPS) is 13.7. The summed E-state index contributed by atoms with van der Waals surface area (Å²) in [7, 11) is 0. The second-order valence-corrected chi connectivity index (χ2v) is 10.0. The Morgan fingerprint density at radius 1 is 0.321 bits per heavy atom. The molecule has 0 aromatic heterocycles. The van der Waals surface area contributed by atoms with E-state index in [1.54, 1.807) is 0 Å². The minimum Gasteiger partial charge on any atom is -0.0654 e. The second-order valence-electron chi connectivity index (χ2n) is 10.0. The van der Waals surface area contributed by atoms with Gasteiger partial charge in [0.2, 0.25) is 0 Å². The molecular formula is C28H58. The van der Waals surface area contributed by atoms with Crippen molar-refractivity contribution < 1.29 is 0 Å². The lowest BCUT2D eigenvalue weighted by Crippen LogP contribution is -1.96. The van der Waals surface area contributed by atoms with Crippen molar-refractivity contribution in [1.82, 2.24) is 0 Å². The Morgan fingerprint density at radius 2 is 0.571 bits per heavy atom. The van der Waals surface area contributed by atoms with Crippen molar-refractivity contribution in [2.24, 2.45) is 11.8 Å². The number of hydrogen-bond acceptors (Lipinski definition) is 0. The molecule has 0 rings (SSSR count). The Kier molecular flexibility index (Phi) is 23.3. The quantitative estimate of drug-likeness (QED) is 0.151. The first kappa shape index (κ1) is 28.0. The van der Waals surface area contributed by atoms with E-state index >= 15 is 0 Å². The zero-order chi connectivity index (χ0) is 20.7. The van der Waals surface area contributed by atoms with Crippen LogP contribution in [0.15, 0.2) is 0 Å². The molecule has 0 radical (unpaired) electrons. The maximum atomic E-state index is 2.49. The van der Waals surface area contributed by atoms with Crippen LogP contribution in [-0.4, -0.2) is 0 Å². The van der Waals surface area contributed by atoms with Crippen LogP contribution < -0.4 is 0 Å². The van der Waals surface area contributed by atoms with Crippen LogP contribution >= 0.6 is 0 Å². The van der Waals surface area contributed by atoms with Gasteiger partial charge in [0.05, 0.1) is 0 Å². The maximum Gasteiger partial charge on any atom is -0.0443 e. The van der Waals surface area contributed by atoms with Crippen LogP contribution in [0.4, 0.5) is 0 Å². The molecule has 0 aromatic rings. The van der Waals surface area contributed by atoms with E-state index in [1.807, 2.05) is 0 Å². The Balaban J connectivity index is 3.20. The van der Waals surface area contributed by atoms with Gasteiger partial charge in [0.15, 0.2) is 0 Å². The largest absolute Gasteiger partial charge is 0.0654 e. The summed E-state index contributed by atoms with van der Waals surface area (Å²) in [6.07, 6.45) is 32.2. The molecule has 0 spiro atoms. The summed E-state index contributed by atoms with van der Waals surface area (Å²) in [6, 6.07) is 0. The SMILES string of the molecule is CCCCCCCCCCCCC(C)CCCCCCCCC(C)CCCC. The van der Waals surface area contributed by atoms with Gasteiger partial charge in [0.1, 0.15) is 0 Å². The monoisotopic (exact) mass is 394 g/mol. The zero-order valence-corrected chi connectivity index (χ0v) is 20.7. The van der Waals surface area contributed by atoms with E-state index in [0.717, 1.165) is 11.8 Å². The van der Waals surface area contributed by atoms with E-state index in [0.29, 0.717) is 0 Å². The maximum absolute atomic E-state index is 2.49. The highest BCUT2D eigenvalue weighted by Crippen LogP contribution is 2.20. The molecule has 0 aliphatic rings. The Hall–Kier alpha value is 0. The van der Waals surface area contributed by atoms with E-state index in [9.17, 15) is 0 Å². The van der Waals surface area contributed by atoms with Crippen LogP contribution in [-0.2, 0) is 0 Å². The predicted octanol–water partition coefficient (Wildman–Crippen LogP) is 10.9. The van der Waals surface area contributed by atoms with Crippen molar-refractivity contribution in [3.8, 4) is 0 Å². The van der Waals surface area contributed by atoms with E-state index in [-0.39, 0.29) is 0 Å². The minimum absolute atomic E-state index is 0.964. The standard InChI is InChI=1S/C28H58/c1-5-7-9-10-11-12-13-14-17-21-25-28(4)26-22-19-16-15-18-20-24-27(3)23-8-6-2/h27-28H,5-26H2,1-4H3. The second kappa shape index (κ2) is 23.3. The van der Waals surface area contributed by atoms with Crippen LogP contribution in [0.1, 0.15) is 169 Å². The smallest absolute Gasteiger partial charge is 0.0443 e. The van der Waals surface area contributed by atoms with Gasteiger partial charge in [0.25, 0.3) is 0 Å². The lowest BCUT2D eigenvalue weighted by Gasteiger charge is -2.11. The molecule has 0 fully saturated rings. The van der Waals surface area contributed by atoms with Crippen LogP contribution in [0.5, 0.6) is 0 Å². The molecule has 0 heterocycles. The molecular weight excluding hydrogens is 336 g/mol. The van der Waals surface area contributed by atoms with Crippen molar-refractivity contribution in [3.63, 3.8) is 0 Å². The molecule has 28 heavy (non-hydrogen) atoms. The van der Waals surface area contributed by atoms with Gasteiger partial charge in [-0.3, -0.25) is 0 Å². The van der Waals surface area contributed by atoms with Crippen molar-refractivity contribution in [2.45, 2.75) is 169 Å². The molecule has 170 valence electrons. The van der Waals surface area contributed by atoms with E-state index < -0.39 is 0 Å². The molecule has 0 N–H and O–H groups in total. The Morgan fingerprint density at radius 3 is 0.893 bits per heavy atom. The van der Waals surface area contributed by atoms with Crippen molar-refractivity contribution in [3.05, 3.63) is 0 Å². The highest BCUT2D eigenvalue weighted by Gasteiger charge is 2.03. The average Bonchev–Trinajstić information content (AvgIpc) is 2.69. The van der Waals surface area contributed by atoms with Gasteiger partial charge in [-0.05, 0) is 11.8 Å². The third-order valence-corrected chi connectivity index (χ3v) is 6.74. The van der Waals surface area contributed by atoms with Gasteiger partial charge in [-0.1, -0.05) is 169 Å². The van der Waals surface area contributed by atoms with Crippen LogP contribution in [0.3, 0.4) is 0 Å². The van der Waals surface area contributed by atoms with Gasteiger partial charge in [-0.25, -0.2) is 0 Å². The van der Waals surface area contributed by atoms with Gasteiger partial charge in [-0.2, -0.15) is 0 Å². The lowest BCUT2D eigenvalue weighted by molar-refractivity contribution is 0.422. The third kappa shape index (κ3) is 22.3. The van der Waals surface area contributed by atoms with Crippen molar-refractivity contribution >= 4 is 0 Å². The molecule has 0 aromatic carbocycles. The summed E-state index contributed by atoms with van der Waals surface area (Å²) in [4.78, 5) is 0. The highest BCUT2D eigenvalue weighted by atomic mass is 14.1. The fourth-order valence-electron chi connectivity index (χ4n) is 4.51. The van der Waals surface area contributed by atoms with Gasteiger partial charge >= 0.3 is 0 Å². The predicted molar refractivity (Wildman–Crippen MR) is 131 cm³/mol. The summed E-state index contributed by atoms with van der Waals surface area (Å²) in [6.45, 7) is 9.56. The van der Waals surface area contributed by atoms with Gasteiger partial charge in [0, 0.05) is 0 Å². The molecule has 2 unspecified atom stereocenters. The van der Waals surface area contributed by atoms with Gasteiger partial charge in [-0.15, -0.1) is 0 Å². The molecule has 0 heteroatoms. The average molecular weight is 395 g/mol. The molecule has 0 nitrogen and oxygen atoms in total. The Labute approximate surface area is 181 Å². The highest BCUT2D eigenvalue weighted by molar-refractivity contribution is 4.57. The van der Waals surface area contributed by atoms with Crippen molar-refractivity contribution in [2.75, 3.05) is 0 Å². The molecule has 0 bridgehead atoms.